The van der Waals surface area contributed by atoms with Crippen LogP contribution < -0.4 is 10.6 Å². The Morgan fingerprint density at radius 1 is 1.19 bits per heavy atom. The van der Waals surface area contributed by atoms with Crippen molar-refractivity contribution < 1.29 is 23.1 Å². The lowest BCUT2D eigenvalue weighted by molar-refractivity contribution is -0.154. The van der Waals surface area contributed by atoms with Crippen LogP contribution >= 0.6 is 0 Å². The van der Waals surface area contributed by atoms with Gasteiger partial charge in [0.2, 0.25) is 5.91 Å². The van der Waals surface area contributed by atoms with Crippen molar-refractivity contribution in [3.05, 3.63) is 53.6 Å². The van der Waals surface area contributed by atoms with Gasteiger partial charge in [-0.1, -0.05) is 25.8 Å². The summed E-state index contributed by atoms with van der Waals surface area (Å²) >= 11 is 0. The molecular weight excluding hydrogens is 542 g/mol. The zero-order chi connectivity index (χ0) is 29.9. The summed E-state index contributed by atoms with van der Waals surface area (Å²) in [5.41, 5.74) is -0.780. The van der Waals surface area contributed by atoms with E-state index in [9.17, 15) is 18.4 Å². The normalized spacial score (nSPS) is 28.0. The average molecular weight is 587 g/mol. The number of nitrogens with one attached hydrogen (secondary N) is 2. The van der Waals surface area contributed by atoms with E-state index in [4.69, 9.17) is 4.74 Å². The molecule has 1 saturated carbocycles. The SMILES string of the molecule is CCOC1(c2cccnc2)C=CC(N2CCN(C(=O)C3(C(F)F)CCCC3)C[C@H]2CC)=C(C(=O)N[C@@H]2CCN(C)C2)N1. The van der Waals surface area contributed by atoms with E-state index in [2.05, 4.69) is 25.4 Å². The van der Waals surface area contributed by atoms with Crippen LogP contribution in [0.5, 0.6) is 0 Å². The van der Waals surface area contributed by atoms with Crippen molar-refractivity contribution in [3.8, 4) is 0 Å². The Balaban J connectivity index is 1.45. The van der Waals surface area contributed by atoms with Crippen LogP contribution in [0.4, 0.5) is 8.78 Å². The molecule has 1 aromatic rings. The van der Waals surface area contributed by atoms with Gasteiger partial charge >= 0.3 is 0 Å². The monoisotopic (exact) mass is 586 g/mol. The van der Waals surface area contributed by atoms with Crippen molar-refractivity contribution in [3.63, 3.8) is 0 Å². The number of amides is 2. The Bertz CT molecular complexity index is 1190. The van der Waals surface area contributed by atoms with Crippen LogP contribution in [-0.4, -0.2) is 96.4 Å². The van der Waals surface area contributed by atoms with E-state index < -0.39 is 23.5 Å². The summed E-state index contributed by atoms with van der Waals surface area (Å²) in [5.74, 6) is -0.645. The summed E-state index contributed by atoms with van der Waals surface area (Å²) in [5, 5.41) is 6.66. The van der Waals surface area contributed by atoms with Gasteiger partial charge in [0.1, 0.15) is 11.1 Å². The van der Waals surface area contributed by atoms with Crippen molar-refractivity contribution in [2.75, 3.05) is 46.4 Å². The van der Waals surface area contributed by atoms with Gasteiger partial charge in [0, 0.05) is 62.8 Å². The summed E-state index contributed by atoms with van der Waals surface area (Å²) in [6.07, 6.45) is 7.94. The van der Waals surface area contributed by atoms with Gasteiger partial charge in [-0.05, 0) is 64.4 Å². The first kappa shape index (κ1) is 30.4. The molecule has 230 valence electrons. The Morgan fingerprint density at radius 2 is 1.98 bits per heavy atom. The quantitative estimate of drug-likeness (QED) is 0.460. The van der Waals surface area contributed by atoms with E-state index in [1.165, 1.54) is 0 Å². The third-order valence-electron chi connectivity index (χ3n) is 9.35. The highest BCUT2D eigenvalue weighted by atomic mass is 19.3. The molecule has 2 amide bonds. The van der Waals surface area contributed by atoms with E-state index in [0.717, 1.165) is 25.1 Å². The number of aromatic nitrogens is 1. The predicted octanol–water partition coefficient (Wildman–Crippen LogP) is 3.21. The summed E-state index contributed by atoms with van der Waals surface area (Å²) in [6.45, 7) is 7.10. The molecule has 0 bridgehead atoms. The zero-order valence-corrected chi connectivity index (χ0v) is 25.0. The zero-order valence-electron chi connectivity index (χ0n) is 25.0. The van der Waals surface area contributed by atoms with Gasteiger partial charge in [-0.15, -0.1) is 0 Å². The number of carbonyl (C=O) groups excluding carboxylic acids is 2. The number of rotatable bonds is 9. The molecule has 1 aliphatic carbocycles. The minimum Gasteiger partial charge on any atom is -0.363 e. The molecule has 2 saturated heterocycles. The standard InChI is InChI=1S/C31H44F2N6O3/c1-4-24-21-38(29(41)30(28(32)33)12-6-7-13-30)17-18-39(24)25-10-14-31(42-5-2,22-9-8-15-34-19-22)36-26(25)27(40)35-23-11-16-37(3)20-23/h8-10,14-15,19,23-24,28,36H,4-7,11-13,16-18,20-21H2,1-3H3,(H,35,40)/t23-,24-,31?/m1/s1. The number of nitrogens with zero attached hydrogens (tertiary/aromatic N) is 4. The van der Waals surface area contributed by atoms with Crippen LogP contribution in [0.2, 0.25) is 0 Å². The molecule has 2 N–H and O–H groups in total. The van der Waals surface area contributed by atoms with Crippen LogP contribution in [0.3, 0.4) is 0 Å². The number of carbonyl (C=O) groups is 2. The van der Waals surface area contributed by atoms with E-state index in [1.807, 2.05) is 45.2 Å². The second-order valence-electron chi connectivity index (χ2n) is 12.0. The molecule has 1 aromatic heterocycles. The fourth-order valence-corrected chi connectivity index (χ4v) is 6.99. The first-order valence-corrected chi connectivity index (χ1v) is 15.3. The molecule has 5 rings (SSSR count). The van der Waals surface area contributed by atoms with E-state index in [0.29, 0.717) is 56.9 Å². The van der Waals surface area contributed by atoms with Gasteiger partial charge in [0.15, 0.2) is 5.72 Å². The fraction of sp³-hybridized carbons (Fsp3) is 0.645. The lowest BCUT2D eigenvalue weighted by Gasteiger charge is -2.47. The number of piperazine rings is 1. The Morgan fingerprint density at radius 3 is 2.60 bits per heavy atom. The maximum absolute atomic E-state index is 14.2. The number of hydrogen-bond donors (Lipinski definition) is 2. The number of alkyl halides is 2. The number of ether oxygens (including phenoxy) is 1. The van der Waals surface area contributed by atoms with Crippen molar-refractivity contribution in [2.24, 2.45) is 5.41 Å². The third-order valence-corrected chi connectivity index (χ3v) is 9.35. The molecule has 0 radical (unpaired) electrons. The topological polar surface area (TPSA) is 90.0 Å². The molecule has 3 aliphatic heterocycles. The highest BCUT2D eigenvalue weighted by molar-refractivity contribution is 5.95. The molecule has 4 aliphatic rings. The van der Waals surface area contributed by atoms with Crippen LogP contribution in [0.1, 0.15) is 57.9 Å². The number of dihydropyridines is 1. The van der Waals surface area contributed by atoms with E-state index in [1.54, 1.807) is 17.3 Å². The fourth-order valence-electron chi connectivity index (χ4n) is 6.99. The number of halogens is 2. The first-order valence-electron chi connectivity index (χ1n) is 15.3. The second kappa shape index (κ2) is 12.7. The summed E-state index contributed by atoms with van der Waals surface area (Å²) in [4.78, 5) is 37.7. The second-order valence-corrected chi connectivity index (χ2v) is 12.0. The molecule has 1 unspecified atom stereocenters. The van der Waals surface area contributed by atoms with Crippen LogP contribution in [-0.2, 0) is 20.1 Å². The maximum Gasteiger partial charge on any atom is 0.269 e. The number of likely N-dealkylation sites (tertiary alicyclic amines) is 1. The number of hydrogen-bond acceptors (Lipinski definition) is 7. The van der Waals surface area contributed by atoms with E-state index >= 15 is 0 Å². The Labute approximate surface area is 247 Å². The number of likely N-dealkylation sites (N-methyl/N-ethyl adjacent to an activating group) is 1. The molecule has 3 fully saturated rings. The first-order chi connectivity index (χ1) is 20.2. The van der Waals surface area contributed by atoms with Gasteiger partial charge in [-0.25, -0.2) is 8.78 Å². The van der Waals surface area contributed by atoms with Crippen LogP contribution in [0.25, 0.3) is 0 Å². The van der Waals surface area contributed by atoms with Crippen LogP contribution in [0, 0.1) is 5.41 Å². The highest BCUT2D eigenvalue weighted by Crippen LogP contribution is 2.45. The number of allylic oxidation sites excluding steroid dienone is 1. The Kier molecular flexibility index (Phi) is 9.17. The molecular formula is C31H44F2N6O3. The molecule has 11 heteroatoms. The molecule has 0 aromatic carbocycles. The van der Waals surface area contributed by atoms with E-state index in [-0.39, 0.29) is 30.8 Å². The summed E-state index contributed by atoms with van der Waals surface area (Å²) in [6, 6.07) is 3.63. The van der Waals surface area contributed by atoms with Crippen molar-refractivity contribution in [2.45, 2.75) is 76.6 Å². The third kappa shape index (κ3) is 5.77. The molecule has 9 nitrogen and oxygen atoms in total. The minimum atomic E-state index is -2.66. The maximum atomic E-state index is 14.2. The van der Waals surface area contributed by atoms with Gasteiger partial charge in [-0.3, -0.25) is 14.6 Å². The Hall–Kier alpha value is -3.05. The molecule has 42 heavy (non-hydrogen) atoms. The van der Waals surface area contributed by atoms with Gasteiger partial charge < -0.3 is 30.1 Å². The minimum absolute atomic E-state index is 0.0252. The van der Waals surface area contributed by atoms with Gasteiger partial charge in [0.25, 0.3) is 12.3 Å². The molecule has 3 atom stereocenters. The van der Waals surface area contributed by atoms with Crippen molar-refractivity contribution >= 4 is 11.8 Å². The predicted molar refractivity (Wildman–Crippen MR) is 155 cm³/mol. The van der Waals surface area contributed by atoms with Crippen LogP contribution in [0.15, 0.2) is 48.1 Å². The largest absolute Gasteiger partial charge is 0.363 e. The summed E-state index contributed by atoms with van der Waals surface area (Å²) < 4.78 is 34.7. The molecule has 0 spiro atoms. The van der Waals surface area contributed by atoms with Gasteiger partial charge in [-0.2, -0.15) is 0 Å². The molecule has 4 heterocycles. The lowest BCUT2D eigenvalue weighted by atomic mass is 9.84. The number of pyridine rings is 1. The lowest BCUT2D eigenvalue weighted by Crippen LogP contribution is -2.59. The highest BCUT2D eigenvalue weighted by Gasteiger charge is 2.52. The van der Waals surface area contributed by atoms with Crippen molar-refractivity contribution in [1.29, 1.82) is 0 Å². The average Bonchev–Trinajstić information content (AvgIpc) is 3.67. The van der Waals surface area contributed by atoms with Crippen molar-refractivity contribution in [1.82, 2.24) is 30.3 Å². The smallest absolute Gasteiger partial charge is 0.269 e. The summed E-state index contributed by atoms with van der Waals surface area (Å²) in [7, 11) is 2.04. The van der Waals surface area contributed by atoms with Gasteiger partial charge in [0.05, 0.1) is 5.70 Å².